The summed E-state index contributed by atoms with van der Waals surface area (Å²) in [5, 5.41) is 12.6. The third-order valence-electron chi connectivity index (χ3n) is 4.67. The van der Waals surface area contributed by atoms with Crippen molar-refractivity contribution in [1.82, 2.24) is 5.32 Å². The van der Waals surface area contributed by atoms with Crippen molar-refractivity contribution in [1.29, 1.82) is 0 Å². The summed E-state index contributed by atoms with van der Waals surface area (Å²) in [5.74, 6) is 0.663. The van der Waals surface area contributed by atoms with E-state index in [1.807, 2.05) is 0 Å². The van der Waals surface area contributed by atoms with Crippen LogP contribution in [-0.4, -0.2) is 30.8 Å². The lowest BCUT2D eigenvalue weighted by Gasteiger charge is -2.20. The van der Waals surface area contributed by atoms with E-state index in [9.17, 15) is 0 Å². The summed E-state index contributed by atoms with van der Waals surface area (Å²) in [6, 6.07) is 7.63. The summed E-state index contributed by atoms with van der Waals surface area (Å²) in [6.45, 7) is 5.77. The quantitative estimate of drug-likeness (QED) is 0.836. The van der Waals surface area contributed by atoms with Crippen molar-refractivity contribution >= 4 is 5.69 Å². The molecule has 110 valence electrons. The van der Waals surface area contributed by atoms with Gasteiger partial charge in [-0.25, -0.2) is 0 Å². The lowest BCUT2D eigenvalue weighted by atomic mass is 10.1. The van der Waals surface area contributed by atoms with E-state index in [1.54, 1.807) is 0 Å². The predicted molar refractivity (Wildman–Crippen MR) is 83.1 cm³/mol. The molecule has 0 spiro atoms. The van der Waals surface area contributed by atoms with E-state index in [0.29, 0.717) is 12.5 Å². The third kappa shape index (κ3) is 3.33. The molecule has 1 saturated heterocycles. The van der Waals surface area contributed by atoms with Crippen LogP contribution in [0.1, 0.15) is 36.8 Å². The average molecular weight is 274 g/mol. The number of aliphatic hydroxyl groups excluding tert-OH is 1. The highest BCUT2D eigenvalue weighted by atomic mass is 16.3. The van der Waals surface area contributed by atoms with Crippen LogP contribution in [0.5, 0.6) is 0 Å². The molecule has 0 bridgehead atoms. The maximum absolute atomic E-state index is 9.05. The molecule has 0 amide bonds. The van der Waals surface area contributed by atoms with E-state index < -0.39 is 0 Å². The molecule has 3 heteroatoms. The van der Waals surface area contributed by atoms with E-state index >= 15 is 0 Å². The predicted octanol–water partition coefficient (Wildman–Crippen LogP) is 2.46. The van der Waals surface area contributed by atoms with Crippen molar-refractivity contribution in [2.45, 2.75) is 45.2 Å². The molecule has 2 aliphatic rings. The van der Waals surface area contributed by atoms with Gasteiger partial charge in [0.15, 0.2) is 0 Å². The van der Waals surface area contributed by atoms with Crippen LogP contribution >= 0.6 is 0 Å². The lowest BCUT2D eigenvalue weighted by Crippen LogP contribution is -2.20. The fraction of sp³-hybridized carbons (Fsp3) is 0.647. The Labute approximate surface area is 122 Å². The Kier molecular flexibility index (Phi) is 4.27. The molecule has 1 heterocycles. The molecule has 1 unspecified atom stereocenters. The molecule has 0 radical (unpaired) electrons. The number of hydrogen-bond acceptors (Lipinski definition) is 3. The highest BCUT2D eigenvalue weighted by Gasteiger charge is 2.23. The molecular formula is C17H26N2O. The minimum absolute atomic E-state index is 0.323. The molecule has 1 saturated carbocycles. The van der Waals surface area contributed by atoms with Gasteiger partial charge in [-0.15, -0.1) is 0 Å². The Balaban J connectivity index is 1.61. The summed E-state index contributed by atoms with van der Waals surface area (Å²) >= 11 is 0. The van der Waals surface area contributed by atoms with Gasteiger partial charge in [-0.2, -0.15) is 0 Å². The van der Waals surface area contributed by atoms with Crippen LogP contribution in [0, 0.1) is 12.8 Å². The molecule has 0 aromatic heterocycles. The van der Waals surface area contributed by atoms with Crippen LogP contribution in [0.3, 0.4) is 0 Å². The van der Waals surface area contributed by atoms with Gasteiger partial charge in [-0.3, -0.25) is 0 Å². The fourth-order valence-electron chi connectivity index (χ4n) is 3.10. The molecular weight excluding hydrogens is 248 g/mol. The number of rotatable bonds is 6. The molecule has 1 atom stereocenters. The third-order valence-corrected chi connectivity index (χ3v) is 4.67. The Hall–Kier alpha value is -1.06. The van der Waals surface area contributed by atoms with Gasteiger partial charge in [0.25, 0.3) is 0 Å². The largest absolute Gasteiger partial charge is 0.396 e. The number of hydrogen-bond donors (Lipinski definition) is 2. The Bertz CT molecular complexity index is 456. The van der Waals surface area contributed by atoms with Gasteiger partial charge in [0, 0.05) is 38.0 Å². The maximum Gasteiger partial charge on any atom is 0.0434 e. The highest BCUT2D eigenvalue weighted by Crippen LogP contribution is 2.27. The van der Waals surface area contributed by atoms with Crippen molar-refractivity contribution in [3.05, 3.63) is 29.3 Å². The number of nitrogens with zero attached hydrogens (tertiary/aromatic N) is 1. The van der Waals surface area contributed by atoms with E-state index in [-0.39, 0.29) is 0 Å². The fourth-order valence-corrected chi connectivity index (χ4v) is 3.10. The van der Waals surface area contributed by atoms with Gasteiger partial charge < -0.3 is 15.3 Å². The smallest absolute Gasteiger partial charge is 0.0434 e. The van der Waals surface area contributed by atoms with E-state index in [1.165, 1.54) is 36.1 Å². The zero-order valence-electron chi connectivity index (χ0n) is 12.4. The number of aryl methyl sites for hydroxylation is 1. The molecule has 1 aromatic rings. The van der Waals surface area contributed by atoms with Crippen molar-refractivity contribution < 1.29 is 5.11 Å². The first-order valence-corrected chi connectivity index (χ1v) is 7.95. The number of aliphatic hydroxyl groups is 1. The maximum atomic E-state index is 9.05. The second kappa shape index (κ2) is 6.15. The van der Waals surface area contributed by atoms with Crippen molar-refractivity contribution in [3.8, 4) is 0 Å². The Morgan fingerprint density at radius 1 is 1.30 bits per heavy atom. The second-order valence-corrected chi connectivity index (χ2v) is 6.38. The van der Waals surface area contributed by atoms with Crippen LogP contribution in [-0.2, 0) is 6.54 Å². The van der Waals surface area contributed by atoms with Crippen molar-refractivity contribution in [3.63, 3.8) is 0 Å². The van der Waals surface area contributed by atoms with E-state index in [0.717, 1.165) is 32.1 Å². The van der Waals surface area contributed by atoms with Crippen LogP contribution < -0.4 is 10.2 Å². The molecule has 1 aliphatic heterocycles. The van der Waals surface area contributed by atoms with Gasteiger partial charge >= 0.3 is 0 Å². The van der Waals surface area contributed by atoms with Crippen molar-refractivity contribution in [2.24, 2.45) is 5.92 Å². The van der Waals surface area contributed by atoms with E-state index in [2.05, 4.69) is 35.3 Å². The van der Waals surface area contributed by atoms with Gasteiger partial charge in [0.2, 0.25) is 0 Å². The molecule has 1 aromatic carbocycles. The summed E-state index contributed by atoms with van der Waals surface area (Å²) in [4.78, 5) is 2.46. The zero-order valence-corrected chi connectivity index (χ0v) is 12.4. The SMILES string of the molecule is Cc1cc(N2CCC(CCO)C2)ccc1CNC1CC1. The standard InChI is InChI=1S/C17H26N2O/c1-13-10-17(19-8-6-14(12-19)7-9-20)5-2-15(13)11-18-16-3-4-16/h2,5,10,14,16,18,20H,3-4,6-9,11-12H2,1H3. The summed E-state index contributed by atoms with van der Waals surface area (Å²) < 4.78 is 0. The first kappa shape index (κ1) is 13.9. The van der Waals surface area contributed by atoms with Gasteiger partial charge in [-0.1, -0.05) is 6.07 Å². The van der Waals surface area contributed by atoms with Gasteiger partial charge in [0.1, 0.15) is 0 Å². The molecule has 3 rings (SSSR count). The molecule has 3 nitrogen and oxygen atoms in total. The van der Waals surface area contributed by atoms with Crippen molar-refractivity contribution in [2.75, 3.05) is 24.6 Å². The van der Waals surface area contributed by atoms with Crippen LogP contribution in [0.15, 0.2) is 18.2 Å². The minimum atomic E-state index is 0.323. The minimum Gasteiger partial charge on any atom is -0.396 e. The van der Waals surface area contributed by atoms with E-state index in [4.69, 9.17) is 5.11 Å². The molecule has 20 heavy (non-hydrogen) atoms. The van der Waals surface area contributed by atoms with Crippen LogP contribution in [0.2, 0.25) is 0 Å². The monoisotopic (exact) mass is 274 g/mol. The first-order valence-electron chi connectivity index (χ1n) is 7.95. The van der Waals surface area contributed by atoms with Gasteiger partial charge in [0.05, 0.1) is 0 Å². The zero-order chi connectivity index (χ0) is 13.9. The molecule has 1 aliphatic carbocycles. The molecule has 2 fully saturated rings. The highest BCUT2D eigenvalue weighted by molar-refractivity contribution is 5.51. The number of anilines is 1. The van der Waals surface area contributed by atoms with Crippen LogP contribution in [0.4, 0.5) is 5.69 Å². The first-order chi connectivity index (χ1) is 9.76. The summed E-state index contributed by atoms with van der Waals surface area (Å²) in [6.07, 6.45) is 4.85. The van der Waals surface area contributed by atoms with Crippen LogP contribution in [0.25, 0.3) is 0 Å². The average Bonchev–Trinajstić information content (AvgIpc) is 3.16. The Morgan fingerprint density at radius 3 is 2.85 bits per heavy atom. The number of nitrogens with one attached hydrogen (secondary N) is 1. The topological polar surface area (TPSA) is 35.5 Å². The lowest BCUT2D eigenvalue weighted by molar-refractivity contribution is 0.263. The summed E-state index contributed by atoms with van der Waals surface area (Å²) in [5.41, 5.74) is 4.16. The number of benzene rings is 1. The Morgan fingerprint density at radius 2 is 2.15 bits per heavy atom. The summed E-state index contributed by atoms with van der Waals surface area (Å²) in [7, 11) is 0. The second-order valence-electron chi connectivity index (χ2n) is 6.38. The van der Waals surface area contributed by atoms with Gasteiger partial charge in [-0.05, 0) is 61.8 Å². The molecule has 2 N–H and O–H groups in total. The normalized spacial score (nSPS) is 22.5.